The number of nitro groups is 1. The topological polar surface area (TPSA) is 69.9 Å². The number of nitro benzene ring substituents is 1. The summed E-state index contributed by atoms with van der Waals surface area (Å²) in [6.07, 6.45) is 0. The Bertz CT molecular complexity index is 789. The van der Waals surface area contributed by atoms with E-state index in [0.29, 0.717) is 12.1 Å². The highest BCUT2D eigenvalue weighted by molar-refractivity contribution is 6.31. The maximum absolute atomic E-state index is 10.9. The van der Waals surface area contributed by atoms with Gasteiger partial charge >= 0.3 is 0 Å². The normalized spacial score (nSPS) is 15.4. The van der Waals surface area contributed by atoms with E-state index in [2.05, 4.69) is 15.9 Å². The number of hydrogen-bond donors (Lipinski definition) is 1. The van der Waals surface area contributed by atoms with E-state index in [1.54, 1.807) is 0 Å². The van der Waals surface area contributed by atoms with E-state index in [-0.39, 0.29) is 11.4 Å². The standard InChI is InChI=1S/C18H20ClN3O3/c1-13-2-3-15(11-17(13)19)21-8-6-20(7-9-21)12-14-10-16(22(24)25)4-5-18(14)23/h2-5,10-11,23H,6-9,12H2,1H3. The Balaban J connectivity index is 1.64. The zero-order valence-corrected chi connectivity index (χ0v) is 14.7. The van der Waals surface area contributed by atoms with E-state index in [1.165, 1.54) is 18.2 Å². The van der Waals surface area contributed by atoms with Gasteiger partial charge in [-0.15, -0.1) is 0 Å². The summed E-state index contributed by atoms with van der Waals surface area (Å²) in [5.41, 5.74) is 2.75. The lowest BCUT2D eigenvalue weighted by Crippen LogP contribution is -2.46. The Morgan fingerprint density at radius 3 is 2.52 bits per heavy atom. The van der Waals surface area contributed by atoms with Crippen LogP contribution in [0.25, 0.3) is 0 Å². The van der Waals surface area contributed by atoms with Crippen LogP contribution in [0.5, 0.6) is 5.75 Å². The molecule has 25 heavy (non-hydrogen) atoms. The molecule has 0 spiro atoms. The van der Waals surface area contributed by atoms with Crippen molar-refractivity contribution in [2.75, 3.05) is 31.1 Å². The molecule has 0 atom stereocenters. The fourth-order valence-corrected chi connectivity index (χ4v) is 3.17. The second kappa shape index (κ2) is 7.29. The summed E-state index contributed by atoms with van der Waals surface area (Å²) in [4.78, 5) is 14.9. The van der Waals surface area contributed by atoms with Gasteiger partial charge in [-0.1, -0.05) is 17.7 Å². The second-order valence-electron chi connectivity index (χ2n) is 6.27. The molecule has 0 aliphatic carbocycles. The van der Waals surface area contributed by atoms with Crippen LogP contribution in [0.15, 0.2) is 36.4 Å². The summed E-state index contributed by atoms with van der Waals surface area (Å²) in [6.45, 7) is 5.79. The van der Waals surface area contributed by atoms with Crippen LogP contribution in [0.3, 0.4) is 0 Å². The van der Waals surface area contributed by atoms with Crippen molar-refractivity contribution in [2.24, 2.45) is 0 Å². The van der Waals surface area contributed by atoms with E-state index in [9.17, 15) is 15.2 Å². The summed E-state index contributed by atoms with van der Waals surface area (Å²) in [6, 6.07) is 10.2. The summed E-state index contributed by atoms with van der Waals surface area (Å²) in [7, 11) is 0. The Kier molecular flexibility index (Phi) is 5.11. The Morgan fingerprint density at radius 1 is 1.16 bits per heavy atom. The largest absolute Gasteiger partial charge is 0.508 e. The van der Waals surface area contributed by atoms with E-state index in [0.717, 1.165) is 42.5 Å². The summed E-state index contributed by atoms with van der Waals surface area (Å²) >= 11 is 6.21. The smallest absolute Gasteiger partial charge is 0.270 e. The molecule has 3 rings (SSSR count). The van der Waals surface area contributed by atoms with Gasteiger partial charge in [-0.3, -0.25) is 15.0 Å². The molecule has 1 aliphatic rings. The second-order valence-corrected chi connectivity index (χ2v) is 6.67. The van der Waals surface area contributed by atoms with Crippen LogP contribution in [0.1, 0.15) is 11.1 Å². The molecule has 1 N–H and O–H groups in total. The number of non-ortho nitro benzene ring substituents is 1. The number of anilines is 1. The highest BCUT2D eigenvalue weighted by Crippen LogP contribution is 2.26. The average molecular weight is 362 g/mol. The molecule has 0 amide bonds. The van der Waals surface area contributed by atoms with Crippen molar-refractivity contribution in [1.29, 1.82) is 0 Å². The molecular weight excluding hydrogens is 342 g/mol. The van der Waals surface area contributed by atoms with Crippen LogP contribution in [-0.4, -0.2) is 41.1 Å². The van der Waals surface area contributed by atoms with Gasteiger partial charge in [0, 0.05) is 61.1 Å². The van der Waals surface area contributed by atoms with Gasteiger partial charge in [0.15, 0.2) is 0 Å². The number of piperazine rings is 1. The fourth-order valence-electron chi connectivity index (χ4n) is 3.00. The molecule has 132 valence electrons. The third kappa shape index (κ3) is 4.03. The first-order valence-corrected chi connectivity index (χ1v) is 8.51. The van der Waals surface area contributed by atoms with Crippen molar-refractivity contribution in [3.8, 4) is 5.75 Å². The molecule has 0 unspecified atom stereocenters. The van der Waals surface area contributed by atoms with Gasteiger partial charge < -0.3 is 10.0 Å². The van der Waals surface area contributed by atoms with Crippen LogP contribution in [0.2, 0.25) is 5.02 Å². The first-order valence-electron chi connectivity index (χ1n) is 8.14. The van der Waals surface area contributed by atoms with E-state index < -0.39 is 4.92 Å². The number of aryl methyl sites for hydroxylation is 1. The van der Waals surface area contributed by atoms with Crippen molar-refractivity contribution in [1.82, 2.24) is 4.90 Å². The highest BCUT2D eigenvalue weighted by Gasteiger charge is 2.20. The predicted octanol–water partition coefficient (Wildman–Crippen LogP) is 3.58. The average Bonchev–Trinajstić information content (AvgIpc) is 2.60. The quantitative estimate of drug-likeness (QED) is 0.665. The minimum absolute atomic E-state index is 0.000679. The number of aromatic hydroxyl groups is 1. The van der Waals surface area contributed by atoms with E-state index in [1.807, 2.05) is 19.1 Å². The molecule has 0 radical (unpaired) electrons. The molecule has 1 saturated heterocycles. The first-order chi connectivity index (χ1) is 11.9. The lowest BCUT2D eigenvalue weighted by Gasteiger charge is -2.36. The molecule has 1 heterocycles. The summed E-state index contributed by atoms with van der Waals surface area (Å²) in [5.74, 6) is 0.0957. The van der Waals surface area contributed by atoms with Crippen molar-refractivity contribution >= 4 is 23.0 Å². The Labute approximate surface area is 151 Å². The SMILES string of the molecule is Cc1ccc(N2CCN(Cc3cc([N+](=O)[O-])ccc3O)CC2)cc1Cl. The number of nitrogens with zero attached hydrogens (tertiary/aromatic N) is 3. The van der Waals surface area contributed by atoms with Gasteiger partial charge in [0.2, 0.25) is 0 Å². The number of rotatable bonds is 4. The molecule has 0 bridgehead atoms. The number of phenols is 1. The van der Waals surface area contributed by atoms with Crippen LogP contribution in [-0.2, 0) is 6.54 Å². The van der Waals surface area contributed by atoms with Crippen molar-refractivity contribution in [3.05, 3.63) is 62.7 Å². The Hall–Kier alpha value is -2.31. The third-order valence-corrected chi connectivity index (χ3v) is 4.97. The minimum Gasteiger partial charge on any atom is -0.508 e. The molecule has 6 nitrogen and oxygen atoms in total. The third-order valence-electron chi connectivity index (χ3n) is 4.56. The van der Waals surface area contributed by atoms with Crippen LogP contribution in [0.4, 0.5) is 11.4 Å². The van der Waals surface area contributed by atoms with Crippen molar-refractivity contribution in [2.45, 2.75) is 13.5 Å². The molecular formula is C18H20ClN3O3. The molecule has 7 heteroatoms. The van der Waals surface area contributed by atoms with Gasteiger partial charge in [-0.25, -0.2) is 0 Å². The van der Waals surface area contributed by atoms with Crippen LogP contribution >= 0.6 is 11.6 Å². The van der Waals surface area contributed by atoms with Crippen molar-refractivity contribution in [3.63, 3.8) is 0 Å². The minimum atomic E-state index is -0.442. The lowest BCUT2D eigenvalue weighted by atomic mass is 10.1. The predicted molar refractivity (Wildman–Crippen MR) is 98.4 cm³/mol. The van der Waals surface area contributed by atoms with Crippen LogP contribution < -0.4 is 4.90 Å². The highest BCUT2D eigenvalue weighted by atomic mass is 35.5. The van der Waals surface area contributed by atoms with Crippen molar-refractivity contribution < 1.29 is 10.0 Å². The van der Waals surface area contributed by atoms with E-state index >= 15 is 0 Å². The first kappa shape index (κ1) is 17.5. The lowest BCUT2D eigenvalue weighted by molar-refractivity contribution is -0.385. The zero-order chi connectivity index (χ0) is 18.0. The van der Waals surface area contributed by atoms with E-state index in [4.69, 9.17) is 11.6 Å². The number of phenolic OH excluding ortho intramolecular Hbond substituents is 1. The van der Waals surface area contributed by atoms with Gasteiger partial charge in [-0.2, -0.15) is 0 Å². The molecule has 1 fully saturated rings. The van der Waals surface area contributed by atoms with Gasteiger partial charge in [-0.05, 0) is 30.7 Å². The number of hydrogen-bond acceptors (Lipinski definition) is 5. The molecule has 2 aromatic carbocycles. The Morgan fingerprint density at radius 2 is 1.88 bits per heavy atom. The number of benzene rings is 2. The fraction of sp³-hybridized carbons (Fsp3) is 0.333. The molecule has 2 aromatic rings. The molecule has 0 saturated carbocycles. The summed E-state index contributed by atoms with van der Waals surface area (Å²) in [5, 5.41) is 21.6. The maximum Gasteiger partial charge on any atom is 0.270 e. The zero-order valence-electron chi connectivity index (χ0n) is 14.0. The van der Waals surface area contributed by atoms with Gasteiger partial charge in [0.05, 0.1) is 4.92 Å². The number of halogens is 1. The van der Waals surface area contributed by atoms with Gasteiger partial charge in [0.25, 0.3) is 5.69 Å². The maximum atomic E-state index is 10.9. The summed E-state index contributed by atoms with van der Waals surface area (Å²) < 4.78 is 0. The van der Waals surface area contributed by atoms with Gasteiger partial charge in [0.1, 0.15) is 5.75 Å². The molecule has 1 aliphatic heterocycles. The monoisotopic (exact) mass is 361 g/mol. The van der Waals surface area contributed by atoms with Crippen LogP contribution in [0, 0.1) is 17.0 Å². The molecule has 0 aromatic heterocycles.